The summed E-state index contributed by atoms with van der Waals surface area (Å²) in [6.45, 7) is 0. The van der Waals surface area contributed by atoms with Gasteiger partial charge in [-0.05, 0) is 29.4 Å². The Bertz CT molecular complexity index is 1160. The predicted molar refractivity (Wildman–Crippen MR) is 156 cm³/mol. The third kappa shape index (κ3) is 6.23. The normalized spacial score (nSPS) is 17.9. The van der Waals surface area contributed by atoms with E-state index >= 15 is 0 Å². The topological polar surface area (TPSA) is 12.9 Å². The Morgan fingerprint density at radius 1 is 0.839 bits per heavy atom. The van der Waals surface area contributed by atoms with Crippen molar-refractivity contribution in [3.05, 3.63) is 50.9 Å². The van der Waals surface area contributed by atoms with Gasteiger partial charge in [-0.2, -0.15) is 0 Å². The van der Waals surface area contributed by atoms with Gasteiger partial charge in [0.05, 0.1) is 42.9 Å². The quantitative estimate of drug-likeness (QED) is 0.264. The fraction of sp³-hybridized carbons (Fsp3) is 0.190. The number of thiazole rings is 1. The lowest BCUT2D eigenvalue weighted by molar-refractivity contribution is 1.31. The molecule has 10 heteroatoms. The molecular weight excluding hydrogens is 555 g/mol. The second-order valence-electron chi connectivity index (χ2n) is 5.84. The number of rotatable bonds is 4. The summed E-state index contributed by atoms with van der Waals surface area (Å²) in [7, 11) is 0. The maximum atomic E-state index is 4.61. The number of hydrogen-bond donors (Lipinski definition) is 0. The van der Waals surface area contributed by atoms with Crippen molar-refractivity contribution in [1.29, 1.82) is 0 Å². The first-order chi connectivity index (χ1) is 15.3. The Hall–Kier alpha value is 0.250. The van der Waals surface area contributed by atoms with Gasteiger partial charge >= 0.3 is 0 Å². The molecule has 4 heterocycles. The molecule has 0 saturated heterocycles. The van der Waals surface area contributed by atoms with Gasteiger partial charge in [-0.15, -0.1) is 46.6 Å². The maximum absolute atomic E-state index is 4.61. The SMILES string of the molecule is C(C#CCSc1nc2ccccc2s1)#CCSC1=CSC(=C2SC3=C(SCCS3)S2)S1. The van der Waals surface area contributed by atoms with Crippen molar-refractivity contribution in [3.63, 3.8) is 0 Å². The highest BCUT2D eigenvalue weighted by Crippen LogP contribution is 2.64. The van der Waals surface area contributed by atoms with E-state index in [1.807, 2.05) is 82.7 Å². The van der Waals surface area contributed by atoms with Crippen molar-refractivity contribution in [2.45, 2.75) is 4.34 Å². The van der Waals surface area contributed by atoms with Gasteiger partial charge in [-0.25, -0.2) is 4.98 Å². The van der Waals surface area contributed by atoms with E-state index < -0.39 is 0 Å². The minimum Gasteiger partial charge on any atom is -0.230 e. The van der Waals surface area contributed by atoms with Gasteiger partial charge in [0.15, 0.2) is 4.34 Å². The zero-order valence-corrected chi connectivity index (χ0v) is 23.2. The lowest BCUT2D eigenvalue weighted by Crippen LogP contribution is -1.88. The van der Waals surface area contributed by atoms with Gasteiger partial charge < -0.3 is 0 Å². The molecule has 0 bridgehead atoms. The summed E-state index contributed by atoms with van der Waals surface area (Å²) in [4.78, 5) is 4.61. The molecule has 5 rings (SSSR count). The first kappa shape index (κ1) is 23.0. The third-order valence-corrected chi connectivity index (χ3v) is 15.8. The van der Waals surface area contributed by atoms with Crippen LogP contribution in [-0.2, 0) is 0 Å². The van der Waals surface area contributed by atoms with E-state index in [9.17, 15) is 0 Å². The Kier molecular flexibility index (Phi) is 8.61. The summed E-state index contributed by atoms with van der Waals surface area (Å²) in [6.07, 6.45) is 0. The van der Waals surface area contributed by atoms with Crippen LogP contribution < -0.4 is 0 Å². The van der Waals surface area contributed by atoms with Crippen LogP contribution in [-0.4, -0.2) is 28.0 Å². The van der Waals surface area contributed by atoms with Crippen LogP contribution in [0.3, 0.4) is 0 Å². The highest BCUT2D eigenvalue weighted by molar-refractivity contribution is 8.43. The second kappa shape index (κ2) is 11.6. The monoisotopic (exact) mass is 567 g/mol. The van der Waals surface area contributed by atoms with Gasteiger partial charge in [-0.1, -0.05) is 82.8 Å². The summed E-state index contributed by atoms with van der Waals surface area (Å²) in [5, 5.41) is 2.26. The van der Waals surface area contributed by atoms with Crippen LogP contribution in [0.1, 0.15) is 0 Å². The van der Waals surface area contributed by atoms with Gasteiger partial charge in [0, 0.05) is 11.5 Å². The molecule has 0 radical (unpaired) electrons. The molecule has 0 fully saturated rings. The van der Waals surface area contributed by atoms with Crippen molar-refractivity contribution < 1.29 is 0 Å². The molecule has 3 aliphatic heterocycles. The number of aromatic nitrogens is 1. The molecule has 1 nitrogen and oxygen atoms in total. The molecule has 2 aromatic rings. The van der Waals surface area contributed by atoms with Crippen molar-refractivity contribution in [2.24, 2.45) is 0 Å². The first-order valence-corrected chi connectivity index (χ1v) is 17.2. The zero-order valence-electron chi connectivity index (χ0n) is 15.8. The Balaban J connectivity index is 1.04. The molecule has 156 valence electrons. The van der Waals surface area contributed by atoms with Crippen LogP contribution in [0.15, 0.2) is 55.2 Å². The molecule has 3 aliphatic rings. The smallest absolute Gasteiger partial charge is 0.152 e. The van der Waals surface area contributed by atoms with Crippen molar-refractivity contribution in [2.75, 3.05) is 23.0 Å². The van der Waals surface area contributed by atoms with Gasteiger partial charge in [0.2, 0.25) is 0 Å². The molecular formula is C21H13NS9. The lowest BCUT2D eigenvalue weighted by atomic mass is 10.3. The molecule has 1 aromatic carbocycles. The lowest BCUT2D eigenvalue weighted by Gasteiger charge is -2.08. The van der Waals surface area contributed by atoms with E-state index in [1.165, 1.54) is 37.4 Å². The second-order valence-corrected chi connectivity index (χ2v) is 16.6. The van der Waals surface area contributed by atoms with Crippen LogP contribution in [0.4, 0.5) is 0 Å². The minimum absolute atomic E-state index is 0.722. The van der Waals surface area contributed by atoms with E-state index in [-0.39, 0.29) is 0 Å². The average Bonchev–Trinajstić information content (AvgIpc) is 3.52. The molecule has 0 saturated carbocycles. The van der Waals surface area contributed by atoms with E-state index in [0.29, 0.717) is 0 Å². The van der Waals surface area contributed by atoms with Gasteiger partial charge in [0.25, 0.3) is 0 Å². The third-order valence-electron chi connectivity index (χ3n) is 3.78. The predicted octanol–water partition coefficient (Wildman–Crippen LogP) is 8.62. The highest BCUT2D eigenvalue weighted by Gasteiger charge is 2.29. The molecule has 1 aromatic heterocycles. The van der Waals surface area contributed by atoms with Crippen molar-refractivity contribution in [3.8, 4) is 23.7 Å². The van der Waals surface area contributed by atoms with Gasteiger partial charge in [-0.3, -0.25) is 0 Å². The Morgan fingerprint density at radius 3 is 2.35 bits per heavy atom. The fourth-order valence-corrected chi connectivity index (χ4v) is 14.0. The number of nitrogens with zero attached hydrogens (tertiary/aromatic N) is 1. The van der Waals surface area contributed by atoms with Crippen LogP contribution in [0.2, 0.25) is 0 Å². The number of para-hydroxylation sites is 1. The highest BCUT2D eigenvalue weighted by atomic mass is 32.3. The molecule has 0 atom stereocenters. The van der Waals surface area contributed by atoms with E-state index in [0.717, 1.165) is 21.4 Å². The summed E-state index contributed by atoms with van der Waals surface area (Å²) in [5.74, 6) is 16.2. The summed E-state index contributed by atoms with van der Waals surface area (Å²) >= 11 is 16.9. The van der Waals surface area contributed by atoms with Crippen LogP contribution in [0.5, 0.6) is 0 Å². The number of hydrogen-bond acceptors (Lipinski definition) is 10. The molecule has 0 spiro atoms. The van der Waals surface area contributed by atoms with E-state index in [1.54, 1.807) is 34.9 Å². The summed E-state index contributed by atoms with van der Waals surface area (Å²) < 4.78 is 9.54. The summed E-state index contributed by atoms with van der Waals surface area (Å²) in [6, 6.07) is 8.23. The minimum atomic E-state index is 0.722. The van der Waals surface area contributed by atoms with Crippen LogP contribution in [0.25, 0.3) is 10.2 Å². The van der Waals surface area contributed by atoms with E-state index in [2.05, 4.69) is 46.2 Å². The van der Waals surface area contributed by atoms with Gasteiger partial charge in [0.1, 0.15) is 0 Å². The summed E-state index contributed by atoms with van der Waals surface area (Å²) in [5.41, 5.74) is 1.06. The largest absolute Gasteiger partial charge is 0.230 e. The standard InChI is InChI=1S/C21H13NS9/c1(2-6-10-26-21-22-14-7-3-4-8-15(14)28-21)5-9-23-16-13-27-19(29-16)20-30-17-18(31-20)25-12-11-24-17/h3-4,7-8,13H,9-12H2. The average molecular weight is 568 g/mol. The maximum Gasteiger partial charge on any atom is 0.152 e. The molecule has 0 unspecified atom stereocenters. The van der Waals surface area contributed by atoms with Crippen LogP contribution in [0, 0.1) is 23.7 Å². The first-order valence-electron chi connectivity index (χ1n) is 9.06. The Labute approximate surface area is 220 Å². The fourth-order valence-electron chi connectivity index (χ4n) is 2.47. The molecule has 0 amide bonds. The van der Waals surface area contributed by atoms with Crippen molar-refractivity contribution >= 4 is 116 Å². The van der Waals surface area contributed by atoms with Crippen molar-refractivity contribution in [1.82, 2.24) is 4.98 Å². The molecule has 0 aliphatic carbocycles. The zero-order chi connectivity index (χ0) is 20.9. The number of fused-ring (bicyclic) bond motifs is 1. The molecule has 31 heavy (non-hydrogen) atoms. The Morgan fingerprint density at radius 2 is 1.58 bits per heavy atom. The van der Waals surface area contributed by atoms with Crippen LogP contribution >= 0.6 is 105 Å². The number of benzene rings is 1. The number of thioether (sulfide) groups is 8. The molecule has 0 N–H and O–H groups in total. The van der Waals surface area contributed by atoms with E-state index in [4.69, 9.17) is 0 Å².